The number of methoxy groups -OCH3 is 1. The molecule has 0 radical (unpaired) electrons. The summed E-state index contributed by atoms with van der Waals surface area (Å²) in [7, 11) is 1.67. The van der Waals surface area contributed by atoms with Gasteiger partial charge in [0.05, 0.1) is 12.8 Å². The number of anilines is 3. The Morgan fingerprint density at radius 3 is 2.78 bits per heavy atom. The summed E-state index contributed by atoms with van der Waals surface area (Å²) in [5.74, 6) is 2.93. The predicted molar refractivity (Wildman–Crippen MR) is 93.7 cm³/mol. The van der Waals surface area contributed by atoms with Gasteiger partial charge in [0.15, 0.2) is 0 Å². The van der Waals surface area contributed by atoms with E-state index in [1.807, 2.05) is 24.3 Å². The highest BCUT2D eigenvalue weighted by Gasteiger charge is 2.26. The summed E-state index contributed by atoms with van der Waals surface area (Å²) in [6, 6.07) is 10.3. The maximum absolute atomic E-state index is 5.27. The fraction of sp³-hybridized carbons (Fsp3) is 0.444. The topological polar surface area (TPSA) is 59.1 Å². The first kappa shape index (κ1) is 15.6. The molecule has 1 fully saturated rings. The molecule has 1 aliphatic carbocycles. The van der Waals surface area contributed by atoms with E-state index in [1.54, 1.807) is 7.11 Å². The number of aromatic nitrogens is 2. The highest BCUT2D eigenvalue weighted by molar-refractivity contribution is 5.59. The first-order valence-electron chi connectivity index (χ1n) is 8.24. The molecule has 1 aliphatic rings. The lowest BCUT2D eigenvalue weighted by Gasteiger charge is -2.14. The Labute approximate surface area is 137 Å². The Bertz CT molecular complexity index is 670. The molecule has 0 amide bonds. The molecule has 1 aromatic carbocycles. The Kier molecular flexibility index (Phi) is 4.65. The molecule has 2 aromatic rings. The van der Waals surface area contributed by atoms with Gasteiger partial charge in [0.25, 0.3) is 0 Å². The molecule has 0 spiro atoms. The summed E-state index contributed by atoms with van der Waals surface area (Å²) in [6.45, 7) is 4.29. The summed E-state index contributed by atoms with van der Waals surface area (Å²) in [6.07, 6.45) is 3.48. The van der Waals surface area contributed by atoms with E-state index >= 15 is 0 Å². The average molecular weight is 312 g/mol. The number of rotatable bonds is 7. The van der Waals surface area contributed by atoms with Gasteiger partial charge in [-0.2, -0.15) is 4.98 Å². The molecule has 2 N–H and O–H groups in total. The van der Waals surface area contributed by atoms with E-state index in [0.29, 0.717) is 17.9 Å². The quantitative estimate of drug-likeness (QED) is 0.797. The average Bonchev–Trinajstić information content (AvgIpc) is 3.39. The molecule has 0 bridgehead atoms. The zero-order valence-electron chi connectivity index (χ0n) is 14.0. The van der Waals surface area contributed by atoms with Gasteiger partial charge in [-0.05, 0) is 38.3 Å². The van der Waals surface area contributed by atoms with Crippen LogP contribution in [0.15, 0.2) is 30.3 Å². The third-order valence-electron chi connectivity index (χ3n) is 4.07. The van der Waals surface area contributed by atoms with Crippen LogP contribution in [-0.4, -0.2) is 23.1 Å². The molecule has 23 heavy (non-hydrogen) atoms. The van der Waals surface area contributed by atoms with Crippen LogP contribution in [0.4, 0.5) is 17.5 Å². The van der Waals surface area contributed by atoms with Gasteiger partial charge >= 0.3 is 0 Å². The number of hydrogen-bond acceptors (Lipinski definition) is 5. The van der Waals surface area contributed by atoms with Crippen molar-refractivity contribution in [3.63, 3.8) is 0 Å². The standard InChI is InChI=1S/C18H24N4O/c1-4-12(2)19-18-21-16(13-8-9-13)11-17(22-18)20-14-6-5-7-15(10-14)23-3/h5-7,10-13H,4,8-9H2,1-3H3,(H2,19,20,21,22)/t12-/m1/s1. The van der Waals surface area contributed by atoms with Crippen molar-refractivity contribution < 1.29 is 4.74 Å². The molecule has 0 saturated heterocycles. The first-order valence-corrected chi connectivity index (χ1v) is 8.24. The van der Waals surface area contributed by atoms with Gasteiger partial charge in [-0.1, -0.05) is 13.0 Å². The Hall–Kier alpha value is -2.30. The van der Waals surface area contributed by atoms with Gasteiger partial charge < -0.3 is 15.4 Å². The van der Waals surface area contributed by atoms with E-state index in [4.69, 9.17) is 4.74 Å². The Morgan fingerprint density at radius 1 is 1.26 bits per heavy atom. The minimum absolute atomic E-state index is 0.356. The maximum Gasteiger partial charge on any atom is 0.225 e. The second-order valence-electron chi connectivity index (χ2n) is 6.09. The van der Waals surface area contributed by atoms with Gasteiger partial charge in [-0.15, -0.1) is 0 Å². The molecule has 1 heterocycles. The largest absolute Gasteiger partial charge is 0.497 e. The van der Waals surface area contributed by atoms with Crippen LogP contribution in [0.2, 0.25) is 0 Å². The zero-order chi connectivity index (χ0) is 16.2. The molecule has 0 aliphatic heterocycles. The van der Waals surface area contributed by atoms with E-state index in [1.165, 1.54) is 12.8 Å². The van der Waals surface area contributed by atoms with E-state index < -0.39 is 0 Å². The van der Waals surface area contributed by atoms with Crippen LogP contribution in [-0.2, 0) is 0 Å². The van der Waals surface area contributed by atoms with Gasteiger partial charge in [0, 0.05) is 29.8 Å². The lowest BCUT2D eigenvalue weighted by Crippen LogP contribution is -2.16. The molecule has 1 aromatic heterocycles. The van der Waals surface area contributed by atoms with Gasteiger partial charge in [-0.25, -0.2) is 4.98 Å². The zero-order valence-corrected chi connectivity index (χ0v) is 14.0. The van der Waals surface area contributed by atoms with Crippen LogP contribution in [0.25, 0.3) is 0 Å². The van der Waals surface area contributed by atoms with E-state index in [-0.39, 0.29) is 0 Å². The second-order valence-corrected chi connectivity index (χ2v) is 6.09. The predicted octanol–water partition coefficient (Wildman–Crippen LogP) is 4.32. The van der Waals surface area contributed by atoms with Crippen LogP contribution in [0, 0.1) is 0 Å². The van der Waals surface area contributed by atoms with Crippen molar-refractivity contribution in [1.82, 2.24) is 9.97 Å². The van der Waals surface area contributed by atoms with Crippen molar-refractivity contribution in [3.05, 3.63) is 36.0 Å². The summed E-state index contributed by atoms with van der Waals surface area (Å²) in [5, 5.41) is 6.74. The maximum atomic E-state index is 5.27. The fourth-order valence-corrected chi connectivity index (χ4v) is 2.35. The fourth-order valence-electron chi connectivity index (χ4n) is 2.35. The summed E-state index contributed by atoms with van der Waals surface area (Å²) >= 11 is 0. The SMILES string of the molecule is CC[C@@H](C)Nc1nc(Nc2cccc(OC)c2)cc(C2CC2)n1. The van der Waals surface area contributed by atoms with Gasteiger partial charge in [-0.3, -0.25) is 0 Å². The first-order chi connectivity index (χ1) is 11.2. The molecule has 1 atom stereocenters. The van der Waals surface area contributed by atoms with E-state index in [9.17, 15) is 0 Å². The summed E-state index contributed by atoms with van der Waals surface area (Å²) in [5.41, 5.74) is 2.08. The highest BCUT2D eigenvalue weighted by Crippen LogP contribution is 2.40. The number of nitrogens with one attached hydrogen (secondary N) is 2. The van der Waals surface area contributed by atoms with Gasteiger partial charge in [0.2, 0.25) is 5.95 Å². The molecule has 0 unspecified atom stereocenters. The molecular formula is C18H24N4O. The second kappa shape index (κ2) is 6.86. The molecule has 5 nitrogen and oxygen atoms in total. The number of ether oxygens (including phenoxy) is 1. The van der Waals surface area contributed by atoms with Crippen LogP contribution in [0.1, 0.15) is 44.7 Å². The van der Waals surface area contributed by atoms with Crippen LogP contribution >= 0.6 is 0 Å². The highest BCUT2D eigenvalue weighted by atomic mass is 16.5. The number of benzene rings is 1. The molecule has 3 rings (SSSR count). The van der Waals surface area contributed by atoms with Crippen LogP contribution in [0.5, 0.6) is 5.75 Å². The summed E-state index contributed by atoms with van der Waals surface area (Å²) in [4.78, 5) is 9.28. The van der Waals surface area contributed by atoms with Crippen LogP contribution < -0.4 is 15.4 Å². The van der Waals surface area contributed by atoms with Crippen molar-refractivity contribution in [2.45, 2.75) is 45.1 Å². The molecule has 5 heteroatoms. The molecular weight excluding hydrogens is 288 g/mol. The summed E-state index contributed by atoms with van der Waals surface area (Å²) < 4.78 is 5.27. The van der Waals surface area contributed by atoms with E-state index in [0.717, 1.165) is 29.4 Å². The monoisotopic (exact) mass is 312 g/mol. The normalized spacial score (nSPS) is 15.1. The van der Waals surface area contributed by atoms with E-state index in [2.05, 4.69) is 40.5 Å². The third-order valence-corrected chi connectivity index (χ3v) is 4.07. The van der Waals surface area contributed by atoms with Crippen molar-refractivity contribution in [1.29, 1.82) is 0 Å². The molecule has 1 saturated carbocycles. The molecule has 122 valence electrons. The Balaban J connectivity index is 1.84. The number of nitrogens with zero attached hydrogens (tertiary/aromatic N) is 2. The lowest BCUT2D eigenvalue weighted by molar-refractivity contribution is 0.415. The van der Waals surface area contributed by atoms with Crippen molar-refractivity contribution >= 4 is 17.5 Å². The van der Waals surface area contributed by atoms with Crippen molar-refractivity contribution in [3.8, 4) is 5.75 Å². The smallest absolute Gasteiger partial charge is 0.225 e. The minimum atomic E-state index is 0.356. The number of hydrogen-bond donors (Lipinski definition) is 2. The third kappa shape index (κ3) is 4.12. The Morgan fingerprint density at radius 2 is 2.09 bits per heavy atom. The van der Waals surface area contributed by atoms with Crippen LogP contribution in [0.3, 0.4) is 0 Å². The van der Waals surface area contributed by atoms with Crippen molar-refractivity contribution in [2.24, 2.45) is 0 Å². The van der Waals surface area contributed by atoms with Gasteiger partial charge in [0.1, 0.15) is 11.6 Å². The lowest BCUT2D eigenvalue weighted by atomic mass is 10.2. The van der Waals surface area contributed by atoms with Crippen molar-refractivity contribution in [2.75, 3.05) is 17.7 Å². The minimum Gasteiger partial charge on any atom is -0.497 e.